The predicted octanol–water partition coefficient (Wildman–Crippen LogP) is 0.694. The molecule has 2 heterocycles. The van der Waals surface area contributed by atoms with Gasteiger partial charge in [0.2, 0.25) is 5.91 Å². The van der Waals surface area contributed by atoms with Crippen molar-refractivity contribution in [2.24, 2.45) is 0 Å². The molecule has 1 aromatic rings. The number of likely N-dealkylation sites (N-methyl/N-ethyl adjacent to an activating group) is 1. The second-order valence-electron chi connectivity index (χ2n) is 3.87. The van der Waals surface area contributed by atoms with Gasteiger partial charge in [0.15, 0.2) is 0 Å². The molecule has 2 rings (SSSR count). The molecule has 0 fully saturated rings. The van der Waals surface area contributed by atoms with Gasteiger partial charge < -0.3 is 14.7 Å². The molecular weight excluding hydrogens is 206 g/mol. The van der Waals surface area contributed by atoms with Crippen LogP contribution in [0.1, 0.15) is 17.0 Å². The average molecular weight is 221 g/mol. The molecule has 0 atom stereocenters. The highest BCUT2D eigenvalue weighted by atomic mass is 16.5. The Hall–Kier alpha value is -1.62. The van der Waals surface area contributed by atoms with Gasteiger partial charge in [0.25, 0.3) is 0 Å². The number of aromatic nitrogens is 1. The molecule has 5 nitrogen and oxygen atoms in total. The lowest BCUT2D eigenvalue weighted by atomic mass is 10.1. The topological polar surface area (TPSA) is 58.4 Å². The van der Waals surface area contributed by atoms with Crippen molar-refractivity contribution in [3.8, 4) is 0 Å². The van der Waals surface area contributed by atoms with Gasteiger partial charge in [-0.25, -0.2) is 0 Å². The van der Waals surface area contributed by atoms with Gasteiger partial charge in [0.1, 0.15) is 5.76 Å². The lowest BCUT2D eigenvalue weighted by Crippen LogP contribution is -2.31. The van der Waals surface area contributed by atoms with Crippen molar-refractivity contribution in [1.82, 2.24) is 15.4 Å². The SMILES string of the molecule is Cc1noc(C)c1C1=CCNCC(=O)N1C. The molecule has 0 bridgehead atoms. The maximum Gasteiger partial charge on any atom is 0.240 e. The van der Waals surface area contributed by atoms with Crippen molar-refractivity contribution < 1.29 is 9.32 Å². The van der Waals surface area contributed by atoms with Crippen LogP contribution in [0.3, 0.4) is 0 Å². The fourth-order valence-electron chi connectivity index (χ4n) is 1.86. The van der Waals surface area contributed by atoms with Crippen LogP contribution in [-0.4, -0.2) is 36.1 Å². The molecule has 0 aliphatic carbocycles. The van der Waals surface area contributed by atoms with Crippen molar-refractivity contribution in [1.29, 1.82) is 0 Å². The van der Waals surface area contributed by atoms with Crippen LogP contribution in [0, 0.1) is 13.8 Å². The molecule has 1 amide bonds. The van der Waals surface area contributed by atoms with Gasteiger partial charge in [0.05, 0.1) is 23.5 Å². The van der Waals surface area contributed by atoms with Crippen LogP contribution < -0.4 is 5.32 Å². The summed E-state index contributed by atoms with van der Waals surface area (Å²) in [6.45, 7) is 4.77. The van der Waals surface area contributed by atoms with E-state index in [4.69, 9.17) is 4.52 Å². The predicted molar refractivity (Wildman–Crippen MR) is 59.6 cm³/mol. The van der Waals surface area contributed by atoms with Crippen LogP contribution in [0.5, 0.6) is 0 Å². The number of hydrogen-bond donors (Lipinski definition) is 1. The van der Waals surface area contributed by atoms with Crippen molar-refractivity contribution >= 4 is 11.6 Å². The minimum Gasteiger partial charge on any atom is -0.361 e. The first-order chi connectivity index (χ1) is 7.61. The third-order valence-corrected chi connectivity index (χ3v) is 2.74. The summed E-state index contributed by atoms with van der Waals surface area (Å²) in [4.78, 5) is 13.4. The van der Waals surface area contributed by atoms with E-state index in [0.717, 1.165) is 22.7 Å². The van der Waals surface area contributed by atoms with Gasteiger partial charge in [-0.15, -0.1) is 0 Å². The lowest BCUT2D eigenvalue weighted by molar-refractivity contribution is -0.125. The Balaban J connectivity index is 2.46. The molecule has 1 aliphatic rings. The number of amides is 1. The summed E-state index contributed by atoms with van der Waals surface area (Å²) in [5.74, 6) is 0.786. The summed E-state index contributed by atoms with van der Waals surface area (Å²) >= 11 is 0. The van der Waals surface area contributed by atoms with E-state index in [1.807, 2.05) is 19.9 Å². The van der Waals surface area contributed by atoms with Gasteiger partial charge in [0, 0.05) is 13.6 Å². The Labute approximate surface area is 94.1 Å². The van der Waals surface area contributed by atoms with Gasteiger partial charge >= 0.3 is 0 Å². The Morgan fingerprint density at radius 2 is 2.25 bits per heavy atom. The number of aryl methyl sites for hydroxylation is 2. The van der Waals surface area contributed by atoms with E-state index >= 15 is 0 Å². The third kappa shape index (κ3) is 1.74. The smallest absolute Gasteiger partial charge is 0.240 e. The first kappa shape index (κ1) is 10.9. The molecule has 0 aromatic carbocycles. The summed E-state index contributed by atoms with van der Waals surface area (Å²) in [6, 6.07) is 0. The van der Waals surface area contributed by atoms with Crippen LogP contribution in [-0.2, 0) is 4.79 Å². The average Bonchev–Trinajstić information content (AvgIpc) is 2.49. The van der Waals surface area contributed by atoms with E-state index in [1.54, 1.807) is 11.9 Å². The highest BCUT2D eigenvalue weighted by molar-refractivity contribution is 5.89. The Morgan fingerprint density at radius 3 is 2.88 bits per heavy atom. The number of rotatable bonds is 1. The molecule has 1 aromatic heterocycles. The van der Waals surface area contributed by atoms with E-state index < -0.39 is 0 Å². The summed E-state index contributed by atoms with van der Waals surface area (Å²) in [7, 11) is 1.77. The Bertz CT molecular complexity index is 429. The lowest BCUT2D eigenvalue weighted by Gasteiger charge is -2.18. The van der Waals surface area contributed by atoms with Crippen LogP contribution >= 0.6 is 0 Å². The van der Waals surface area contributed by atoms with Gasteiger partial charge in [-0.3, -0.25) is 4.79 Å². The molecule has 0 saturated carbocycles. The normalized spacial score (nSPS) is 17.3. The zero-order chi connectivity index (χ0) is 11.7. The number of nitrogens with zero attached hydrogens (tertiary/aromatic N) is 2. The van der Waals surface area contributed by atoms with E-state index in [-0.39, 0.29) is 5.91 Å². The highest BCUT2D eigenvalue weighted by Crippen LogP contribution is 2.25. The number of nitrogens with one attached hydrogen (secondary N) is 1. The van der Waals surface area contributed by atoms with E-state index in [9.17, 15) is 4.79 Å². The highest BCUT2D eigenvalue weighted by Gasteiger charge is 2.22. The molecule has 0 radical (unpaired) electrons. The Morgan fingerprint density at radius 1 is 1.50 bits per heavy atom. The molecule has 0 spiro atoms. The second-order valence-corrected chi connectivity index (χ2v) is 3.87. The van der Waals surface area contributed by atoms with Crippen LogP contribution in [0.25, 0.3) is 5.70 Å². The number of carbonyl (C=O) groups excluding carboxylic acids is 1. The van der Waals surface area contributed by atoms with Crippen molar-refractivity contribution in [2.75, 3.05) is 20.1 Å². The van der Waals surface area contributed by atoms with Crippen LogP contribution in [0.2, 0.25) is 0 Å². The zero-order valence-corrected chi connectivity index (χ0v) is 9.70. The summed E-state index contributed by atoms with van der Waals surface area (Å²) in [6.07, 6.45) is 1.98. The van der Waals surface area contributed by atoms with E-state index in [2.05, 4.69) is 10.5 Å². The molecule has 86 valence electrons. The number of hydrogen-bond acceptors (Lipinski definition) is 4. The van der Waals surface area contributed by atoms with E-state index in [1.165, 1.54) is 0 Å². The fraction of sp³-hybridized carbons (Fsp3) is 0.455. The first-order valence-electron chi connectivity index (χ1n) is 5.22. The monoisotopic (exact) mass is 221 g/mol. The quantitative estimate of drug-likeness (QED) is 0.758. The largest absolute Gasteiger partial charge is 0.361 e. The molecule has 0 unspecified atom stereocenters. The Kier molecular flexibility index (Phi) is 2.78. The first-order valence-corrected chi connectivity index (χ1v) is 5.22. The molecular formula is C11H15N3O2. The molecule has 0 saturated heterocycles. The van der Waals surface area contributed by atoms with Crippen LogP contribution in [0.4, 0.5) is 0 Å². The molecule has 1 aliphatic heterocycles. The van der Waals surface area contributed by atoms with Gasteiger partial charge in [-0.05, 0) is 19.9 Å². The number of carbonyl (C=O) groups is 1. The van der Waals surface area contributed by atoms with Crippen molar-refractivity contribution in [3.63, 3.8) is 0 Å². The molecule has 5 heteroatoms. The molecule has 1 N–H and O–H groups in total. The van der Waals surface area contributed by atoms with Gasteiger partial charge in [-0.1, -0.05) is 5.16 Å². The van der Waals surface area contributed by atoms with Gasteiger partial charge in [-0.2, -0.15) is 0 Å². The maximum absolute atomic E-state index is 11.7. The maximum atomic E-state index is 11.7. The fourth-order valence-corrected chi connectivity index (χ4v) is 1.86. The summed E-state index contributed by atoms with van der Waals surface area (Å²) < 4.78 is 5.12. The van der Waals surface area contributed by atoms with Crippen molar-refractivity contribution in [2.45, 2.75) is 13.8 Å². The summed E-state index contributed by atoms with van der Waals surface area (Å²) in [5.41, 5.74) is 2.59. The minimum atomic E-state index is 0.0451. The second kappa shape index (κ2) is 4.09. The van der Waals surface area contributed by atoms with Crippen molar-refractivity contribution in [3.05, 3.63) is 23.1 Å². The minimum absolute atomic E-state index is 0.0451. The summed E-state index contributed by atoms with van der Waals surface area (Å²) in [5, 5.41) is 6.95. The third-order valence-electron chi connectivity index (χ3n) is 2.74. The van der Waals surface area contributed by atoms with Crippen LogP contribution in [0.15, 0.2) is 10.6 Å². The standard InChI is InChI=1S/C11H15N3O2/c1-7-11(8(2)16-13-7)9-4-5-12-6-10(15)14(9)3/h4,12H,5-6H2,1-3H3. The molecule has 16 heavy (non-hydrogen) atoms. The van der Waals surface area contributed by atoms with E-state index in [0.29, 0.717) is 13.1 Å². The zero-order valence-electron chi connectivity index (χ0n) is 9.70.